The van der Waals surface area contributed by atoms with Crippen molar-refractivity contribution >= 4 is 33.0 Å². The number of sulfone groups is 1. The van der Waals surface area contributed by atoms with Crippen LogP contribution >= 0.6 is 11.6 Å². The van der Waals surface area contributed by atoms with Crippen LogP contribution in [0.5, 0.6) is 0 Å². The summed E-state index contributed by atoms with van der Waals surface area (Å²) in [6.07, 6.45) is 0. The number of carbonyl (C=O) groups excluding carboxylic acids is 1. The van der Waals surface area contributed by atoms with E-state index in [1.165, 1.54) is 18.2 Å². The maximum absolute atomic E-state index is 13.9. The van der Waals surface area contributed by atoms with Gasteiger partial charge in [-0.2, -0.15) is 5.26 Å². The highest BCUT2D eigenvalue weighted by Crippen LogP contribution is 2.30. The Hall–Kier alpha value is -3.39. The molecule has 11 heteroatoms. The molecule has 0 aromatic heterocycles. The van der Waals surface area contributed by atoms with Crippen molar-refractivity contribution in [3.05, 3.63) is 94.3 Å². The Morgan fingerprint density at radius 2 is 1.70 bits per heavy atom. The van der Waals surface area contributed by atoms with Gasteiger partial charge in [-0.05, 0) is 60.2 Å². The van der Waals surface area contributed by atoms with Gasteiger partial charge in [0.05, 0.1) is 21.2 Å². The van der Waals surface area contributed by atoms with Gasteiger partial charge in [-0.1, -0.05) is 17.7 Å². The summed E-state index contributed by atoms with van der Waals surface area (Å²) >= 11 is 5.93. The SMILES string of the molecule is N#Cc1ccc(NC(=O)C(O)(CS(=O)(=O)c2ccc(F)cc2)c2ccc(F)c(F)c2)cc1Cl. The van der Waals surface area contributed by atoms with Crippen molar-refractivity contribution in [2.75, 3.05) is 11.1 Å². The minimum absolute atomic E-state index is 0.00388. The molecule has 1 atom stereocenters. The summed E-state index contributed by atoms with van der Waals surface area (Å²) in [4.78, 5) is 12.6. The molecule has 170 valence electrons. The lowest BCUT2D eigenvalue weighted by Crippen LogP contribution is -2.46. The fraction of sp³-hybridized carbons (Fsp3) is 0.0909. The summed E-state index contributed by atoms with van der Waals surface area (Å²) in [6.45, 7) is 0. The second-order valence-electron chi connectivity index (χ2n) is 6.96. The van der Waals surface area contributed by atoms with E-state index in [0.29, 0.717) is 12.1 Å². The highest BCUT2D eigenvalue weighted by Gasteiger charge is 2.43. The van der Waals surface area contributed by atoms with Crippen LogP contribution in [-0.4, -0.2) is 25.2 Å². The molecule has 3 rings (SSSR count). The lowest BCUT2D eigenvalue weighted by Gasteiger charge is -2.27. The van der Waals surface area contributed by atoms with Crippen LogP contribution in [-0.2, 0) is 20.2 Å². The van der Waals surface area contributed by atoms with Gasteiger partial charge in [0, 0.05) is 5.69 Å². The number of halogens is 4. The monoisotopic (exact) mass is 494 g/mol. The molecule has 1 amide bonds. The molecule has 3 aromatic rings. The van der Waals surface area contributed by atoms with Crippen LogP contribution < -0.4 is 5.32 Å². The van der Waals surface area contributed by atoms with Gasteiger partial charge >= 0.3 is 0 Å². The molecule has 0 heterocycles. The van der Waals surface area contributed by atoms with Crippen molar-refractivity contribution in [3.63, 3.8) is 0 Å². The zero-order valence-corrected chi connectivity index (χ0v) is 18.1. The lowest BCUT2D eigenvalue weighted by molar-refractivity contribution is -0.132. The first-order chi connectivity index (χ1) is 15.5. The molecule has 0 aliphatic heterocycles. The Morgan fingerprint density at radius 3 is 2.27 bits per heavy atom. The minimum Gasteiger partial charge on any atom is -0.374 e. The first kappa shape index (κ1) is 24.3. The Bertz CT molecular complexity index is 1380. The van der Waals surface area contributed by atoms with Gasteiger partial charge in [0.1, 0.15) is 11.9 Å². The van der Waals surface area contributed by atoms with Crippen molar-refractivity contribution in [1.29, 1.82) is 5.26 Å². The third-order valence-electron chi connectivity index (χ3n) is 4.69. The molecular weight excluding hydrogens is 481 g/mol. The first-order valence-electron chi connectivity index (χ1n) is 9.13. The van der Waals surface area contributed by atoms with E-state index in [-0.39, 0.29) is 16.3 Å². The quantitative estimate of drug-likeness (QED) is 0.505. The van der Waals surface area contributed by atoms with E-state index in [4.69, 9.17) is 16.9 Å². The maximum Gasteiger partial charge on any atom is 0.262 e. The molecule has 0 radical (unpaired) electrons. The Labute approximate surface area is 191 Å². The van der Waals surface area contributed by atoms with E-state index in [2.05, 4.69) is 5.32 Å². The molecule has 0 fully saturated rings. The third-order valence-corrected chi connectivity index (χ3v) is 6.79. The fourth-order valence-corrected chi connectivity index (χ4v) is 4.74. The normalized spacial score (nSPS) is 13.1. The summed E-state index contributed by atoms with van der Waals surface area (Å²) < 4.78 is 66.3. The van der Waals surface area contributed by atoms with Gasteiger partial charge in [-0.15, -0.1) is 0 Å². The average Bonchev–Trinajstić information content (AvgIpc) is 2.75. The van der Waals surface area contributed by atoms with Crippen LogP contribution in [0.4, 0.5) is 18.9 Å². The molecule has 0 saturated carbocycles. The Kier molecular flexibility index (Phi) is 6.78. The molecule has 0 aliphatic rings. The summed E-state index contributed by atoms with van der Waals surface area (Å²) in [5, 5.41) is 22.4. The summed E-state index contributed by atoms with van der Waals surface area (Å²) in [5.74, 6) is -5.96. The largest absolute Gasteiger partial charge is 0.374 e. The number of anilines is 1. The summed E-state index contributed by atoms with van der Waals surface area (Å²) in [6, 6.07) is 11.2. The molecule has 0 aliphatic carbocycles. The highest BCUT2D eigenvalue weighted by molar-refractivity contribution is 7.91. The van der Waals surface area contributed by atoms with Gasteiger partial charge in [-0.25, -0.2) is 21.6 Å². The number of nitriles is 1. The zero-order chi connectivity index (χ0) is 24.4. The highest BCUT2D eigenvalue weighted by atomic mass is 35.5. The Balaban J connectivity index is 2.05. The number of hydrogen-bond acceptors (Lipinski definition) is 5. The van der Waals surface area contributed by atoms with E-state index in [1.54, 1.807) is 0 Å². The van der Waals surface area contributed by atoms with Gasteiger partial charge in [0.2, 0.25) is 0 Å². The number of nitrogens with zero attached hydrogens (tertiary/aromatic N) is 1. The number of hydrogen-bond donors (Lipinski definition) is 2. The van der Waals surface area contributed by atoms with Crippen LogP contribution in [0.2, 0.25) is 5.02 Å². The van der Waals surface area contributed by atoms with E-state index >= 15 is 0 Å². The molecule has 6 nitrogen and oxygen atoms in total. The van der Waals surface area contributed by atoms with Crippen LogP contribution in [0.3, 0.4) is 0 Å². The predicted octanol–water partition coefficient (Wildman–Crippen LogP) is 3.93. The third kappa shape index (κ3) is 5.17. The molecular formula is C22H14ClF3N2O4S. The van der Waals surface area contributed by atoms with Crippen molar-refractivity contribution in [1.82, 2.24) is 0 Å². The fourth-order valence-electron chi connectivity index (χ4n) is 2.95. The molecule has 0 spiro atoms. The Morgan fingerprint density at radius 1 is 1.03 bits per heavy atom. The van der Waals surface area contributed by atoms with Crippen LogP contribution in [0.15, 0.2) is 65.6 Å². The van der Waals surface area contributed by atoms with Crippen molar-refractivity contribution in [3.8, 4) is 6.07 Å². The van der Waals surface area contributed by atoms with Gasteiger partial charge < -0.3 is 10.4 Å². The van der Waals surface area contributed by atoms with E-state index < -0.39 is 55.0 Å². The number of amides is 1. The first-order valence-corrected chi connectivity index (χ1v) is 11.2. The van der Waals surface area contributed by atoms with Gasteiger partial charge in [0.15, 0.2) is 27.1 Å². The lowest BCUT2D eigenvalue weighted by atomic mass is 9.94. The minimum atomic E-state index is -4.42. The van der Waals surface area contributed by atoms with Crippen molar-refractivity contribution < 1.29 is 31.5 Å². The maximum atomic E-state index is 13.9. The van der Waals surface area contributed by atoms with Crippen LogP contribution in [0, 0.1) is 28.8 Å². The van der Waals surface area contributed by atoms with Crippen molar-refractivity contribution in [2.24, 2.45) is 0 Å². The van der Waals surface area contributed by atoms with Crippen LogP contribution in [0.25, 0.3) is 0 Å². The van der Waals surface area contributed by atoms with E-state index in [1.807, 2.05) is 6.07 Å². The molecule has 0 bridgehead atoms. The summed E-state index contributed by atoms with van der Waals surface area (Å²) in [7, 11) is -4.42. The van der Waals surface area contributed by atoms with Gasteiger partial charge in [0.25, 0.3) is 5.91 Å². The standard InChI is InChI=1S/C22H14ClF3N2O4S/c23-18-10-16(5-1-13(18)11-27)28-21(29)22(30,14-2-8-19(25)20(26)9-14)12-33(31,32)17-6-3-15(24)4-7-17/h1-10,30H,12H2,(H,28,29). The summed E-state index contributed by atoms with van der Waals surface area (Å²) in [5.41, 5.74) is -3.32. The predicted molar refractivity (Wildman–Crippen MR) is 114 cm³/mol. The van der Waals surface area contributed by atoms with Crippen molar-refractivity contribution in [2.45, 2.75) is 10.5 Å². The zero-order valence-electron chi connectivity index (χ0n) is 16.5. The topological polar surface area (TPSA) is 107 Å². The smallest absolute Gasteiger partial charge is 0.262 e. The molecule has 1 unspecified atom stereocenters. The average molecular weight is 495 g/mol. The number of aliphatic hydroxyl groups is 1. The number of rotatable bonds is 6. The molecule has 2 N–H and O–H groups in total. The van der Waals surface area contributed by atoms with E-state index in [9.17, 15) is 31.5 Å². The van der Waals surface area contributed by atoms with Crippen LogP contribution in [0.1, 0.15) is 11.1 Å². The van der Waals surface area contributed by atoms with Gasteiger partial charge in [-0.3, -0.25) is 4.79 Å². The number of carbonyl (C=O) groups is 1. The molecule has 3 aromatic carbocycles. The second-order valence-corrected chi connectivity index (χ2v) is 9.36. The number of nitrogens with one attached hydrogen (secondary N) is 1. The molecule has 0 saturated heterocycles. The molecule has 33 heavy (non-hydrogen) atoms. The van der Waals surface area contributed by atoms with E-state index in [0.717, 1.165) is 30.3 Å². The second kappa shape index (κ2) is 9.23. The number of benzene rings is 3.